The highest BCUT2D eigenvalue weighted by molar-refractivity contribution is 5.41. The van der Waals surface area contributed by atoms with E-state index in [0.717, 1.165) is 6.07 Å². The van der Waals surface area contributed by atoms with Crippen molar-refractivity contribution < 1.29 is 36.6 Å². The summed E-state index contributed by atoms with van der Waals surface area (Å²) in [5.74, 6) is -1.28. The highest BCUT2D eigenvalue weighted by atomic mass is 19.4. The average Bonchev–Trinajstić information content (AvgIpc) is 2.17. The first-order valence-electron chi connectivity index (χ1n) is 4.57. The second kappa shape index (κ2) is 4.04. The van der Waals surface area contributed by atoms with E-state index in [-0.39, 0.29) is 5.56 Å². The van der Waals surface area contributed by atoms with Gasteiger partial charge in [-0.15, -0.1) is 0 Å². The van der Waals surface area contributed by atoms with Crippen molar-refractivity contribution in [1.82, 2.24) is 0 Å². The van der Waals surface area contributed by atoms with Crippen LogP contribution in [-0.2, 0) is 5.60 Å². The number of phenols is 1. The molecule has 1 aromatic rings. The third-order valence-electron chi connectivity index (χ3n) is 2.36. The fourth-order valence-corrected chi connectivity index (χ4v) is 1.41. The Balaban J connectivity index is 3.61. The molecule has 18 heavy (non-hydrogen) atoms. The average molecular weight is 274 g/mol. The van der Waals surface area contributed by atoms with Crippen LogP contribution in [0.5, 0.6) is 5.75 Å². The Morgan fingerprint density at radius 2 is 1.39 bits per heavy atom. The molecule has 0 radical (unpaired) electrons. The minimum Gasteiger partial charge on any atom is -0.508 e. The van der Waals surface area contributed by atoms with Crippen molar-refractivity contribution >= 4 is 0 Å². The van der Waals surface area contributed by atoms with Crippen LogP contribution < -0.4 is 0 Å². The molecule has 102 valence electrons. The summed E-state index contributed by atoms with van der Waals surface area (Å²) in [5, 5.41) is 18.2. The molecular formula is C10H8F6O2. The second-order valence-corrected chi connectivity index (χ2v) is 3.73. The molecule has 0 saturated heterocycles. The molecule has 2 N–H and O–H groups in total. The lowest BCUT2D eigenvalue weighted by atomic mass is 9.90. The van der Waals surface area contributed by atoms with Crippen LogP contribution in [0.25, 0.3) is 0 Å². The molecule has 1 aromatic carbocycles. The van der Waals surface area contributed by atoms with Gasteiger partial charge in [0.2, 0.25) is 0 Å². The predicted octanol–water partition coefficient (Wildman–Crippen LogP) is 3.01. The number of aliphatic hydroxyl groups is 1. The van der Waals surface area contributed by atoms with E-state index >= 15 is 0 Å². The van der Waals surface area contributed by atoms with Crippen molar-refractivity contribution in [2.45, 2.75) is 24.9 Å². The smallest absolute Gasteiger partial charge is 0.430 e. The van der Waals surface area contributed by atoms with Gasteiger partial charge in [0, 0.05) is 5.56 Å². The summed E-state index contributed by atoms with van der Waals surface area (Å²) in [7, 11) is 0. The van der Waals surface area contributed by atoms with Crippen molar-refractivity contribution in [3.63, 3.8) is 0 Å². The van der Waals surface area contributed by atoms with Crippen molar-refractivity contribution in [2.24, 2.45) is 0 Å². The largest absolute Gasteiger partial charge is 0.508 e. The summed E-state index contributed by atoms with van der Waals surface area (Å²) in [5.41, 5.74) is -6.70. The first-order chi connectivity index (χ1) is 7.91. The van der Waals surface area contributed by atoms with E-state index in [4.69, 9.17) is 10.2 Å². The third kappa shape index (κ3) is 2.12. The summed E-state index contributed by atoms with van der Waals surface area (Å²) in [6, 6.07) is 2.22. The van der Waals surface area contributed by atoms with Crippen LogP contribution in [0.4, 0.5) is 26.3 Å². The summed E-state index contributed by atoms with van der Waals surface area (Å²) >= 11 is 0. The predicted molar refractivity (Wildman–Crippen MR) is 48.9 cm³/mol. The van der Waals surface area contributed by atoms with E-state index in [2.05, 4.69) is 0 Å². The minimum absolute atomic E-state index is 0.0368. The number of phenolic OH excluding ortho intramolecular Hbond substituents is 1. The van der Waals surface area contributed by atoms with Gasteiger partial charge in [-0.25, -0.2) is 0 Å². The number of hydrogen-bond donors (Lipinski definition) is 2. The van der Waals surface area contributed by atoms with E-state index in [1.807, 2.05) is 0 Å². The highest BCUT2D eigenvalue weighted by Gasteiger charge is 2.72. The Hall–Kier alpha value is -1.44. The number of aryl methyl sites for hydroxylation is 1. The lowest BCUT2D eigenvalue weighted by Crippen LogP contribution is -2.54. The standard InChI is InChI=1S/C10H8F6O2/c1-5-2-3-7(17)6(4-5)8(18,9(11,12)13)10(14,15)16/h2-4,17-18H,1H3. The summed E-state index contributed by atoms with van der Waals surface area (Å²) in [4.78, 5) is 0. The molecule has 0 aliphatic carbocycles. The molecule has 0 amide bonds. The van der Waals surface area contributed by atoms with E-state index < -0.39 is 29.3 Å². The molecule has 0 saturated carbocycles. The van der Waals surface area contributed by atoms with Gasteiger partial charge in [-0.1, -0.05) is 11.6 Å². The zero-order valence-electron chi connectivity index (χ0n) is 8.89. The summed E-state index contributed by atoms with van der Waals surface area (Å²) < 4.78 is 75.1. The van der Waals surface area contributed by atoms with Crippen LogP contribution in [-0.4, -0.2) is 22.6 Å². The number of rotatable bonds is 1. The van der Waals surface area contributed by atoms with Crippen LogP contribution in [0.3, 0.4) is 0 Å². The SMILES string of the molecule is Cc1ccc(O)c(C(O)(C(F)(F)F)C(F)(F)F)c1. The van der Waals surface area contributed by atoms with Gasteiger partial charge in [-0.3, -0.25) is 0 Å². The summed E-state index contributed by atoms with van der Waals surface area (Å²) in [6.45, 7) is 1.23. The Morgan fingerprint density at radius 3 is 1.78 bits per heavy atom. The van der Waals surface area contributed by atoms with E-state index in [1.54, 1.807) is 0 Å². The zero-order valence-corrected chi connectivity index (χ0v) is 8.89. The molecule has 0 aliphatic heterocycles. The molecule has 0 aliphatic rings. The quantitative estimate of drug-likeness (QED) is 0.773. The maximum atomic E-state index is 12.5. The topological polar surface area (TPSA) is 40.5 Å². The van der Waals surface area contributed by atoms with Crippen molar-refractivity contribution in [3.05, 3.63) is 29.3 Å². The molecule has 0 bridgehead atoms. The van der Waals surface area contributed by atoms with Gasteiger partial charge in [0.15, 0.2) is 0 Å². The van der Waals surface area contributed by atoms with Crippen LogP contribution in [0.15, 0.2) is 18.2 Å². The number of alkyl halides is 6. The van der Waals surface area contributed by atoms with Gasteiger partial charge >= 0.3 is 12.4 Å². The van der Waals surface area contributed by atoms with Crippen molar-refractivity contribution in [2.75, 3.05) is 0 Å². The normalized spacial score (nSPS) is 13.8. The molecule has 0 fully saturated rings. The van der Waals surface area contributed by atoms with Crippen LogP contribution in [0.2, 0.25) is 0 Å². The molecule has 8 heteroatoms. The molecule has 0 aromatic heterocycles. The summed E-state index contributed by atoms with van der Waals surface area (Å²) in [6.07, 6.45) is -12.0. The van der Waals surface area contributed by atoms with E-state index in [0.29, 0.717) is 12.1 Å². The number of hydrogen-bond acceptors (Lipinski definition) is 2. The monoisotopic (exact) mass is 274 g/mol. The first kappa shape index (κ1) is 14.6. The molecular weight excluding hydrogens is 266 g/mol. The molecule has 0 unspecified atom stereocenters. The highest BCUT2D eigenvalue weighted by Crippen LogP contribution is 2.52. The maximum Gasteiger partial charge on any atom is 0.430 e. The minimum atomic E-state index is -6.00. The molecule has 0 spiro atoms. The van der Waals surface area contributed by atoms with Crippen LogP contribution >= 0.6 is 0 Å². The van der Waals surface area contributed by atoms with E-state index in [1.165, 1.54) is 6.92 Å². The zero-order chi connectivity index (χ0) is 14.4. The number of aromatic hydroxyl groups is 1. The lowest BCUT2D eigenvalue weighted by molar-refractivity contribution is -0.376. The van der Waals surface area contributed by atoms with E-state index in [9.17, 15) is 26.3 Å². The number of halogens is 6. The fraction of sp³-hybridized carbons (Fsp3) is 0.400. The van der Waals surface area contributed by atoms with Crippen LogP contribution in [0, 0.1) is 6.92 Å². The van der Waals surface area contributed by atoms with Crippen molar-refractivity contribution in [1.29, 1.82) is 0 Å². The van der Waals surface area contributed by atoms with Gasteiger partial charge in [0.05, 0.1) is 0 Å². The van der Waals surface area contributed by atoms with Crippen molar-refractivity contribution in [3.8, 4) is 5.75 Å². The van der Waals surface area contributed by atoms with Crippen LogP contribution in [0.1, 0.15) is 11.1 Å². The fourth-order valence-electron chi connectivity index (χ4n) is 1.41. The Labute approximate surface area is 97.5 Å². The van der Waals surface area contributed by atoms with Gasteiger partial charge in [-0.05, 0) is 19.1 Å². The molecule has 1 rings (SSSR count). The van der Waals surface area contributed by atoms with Gasteiger partial charge < -0.3 is 10.2 Å². The Kier molecular flexibility index (Phi) is 3.28. The second-order valence-electron chi connectivity index (χ2n) is 3.73. The number of benzene rings is 1. The lowest BCUT2D eigenvalue weighted by Gasteiger charge is -2.33. The van der Waals surface area contributed by atoms with Gasteiger partial charge in [0.25, 0.3) is 5.60 Å². The van der Waals surface area contributed by atoms with Gasteiger partial charge in [0.1, 0.15) is 5.75 Å². The molecule has 0 heterocycles. The Bertz CT molecular complexity index is 435. The van der Waals surface area contributed by atoms with Gasteiger partial charge in [-0.2, -0.15) is 26.3 Å². The molecule has 0 atom stereocenters. The maximum absolute atomic E-state index is 12.5. The Morgan fingerprint density at radius 1 is 0.944 bits per heavy atom. The molecule has 2 nitrogen and oxygen atoms in total. The third-order valence-corrected chi connectivity index (χ3v) is 2.36. The first-order valence-corrected chi connectivity index (χ1v) is 4.57.